The largest absolute Gasteiger partial charge is 0.396 e. The molecule has 14 heavy (non-hydrogen) atoms. The van der Waals surface area contributed by atoms with Crippen molar-refractivity contribution in [2.75, 3.05) is 13.2 Å². The van der Waals surface area contributed by atoms with Crippen LogP contribution >= 0.6 is 0 Å². The van der Waals surface area contributed by atoms with Gasteiger partial charge in [0.05, 0.1) is 0 Å². The predicted molar refractivity (Wildman–Crippen MR) is 57.2 cm³/mol. The van der Waals surface area contributed by atoms with Crippen LogP contribution in [0.4, 0.5) is 4.79 Å². The molecule has 0 rings (SSSR count). The lowest BCUT2D eigenvalue weighted by atomic mass is 10.2. The lowest BCUT2D eigenvalue weighted by Gasteiger charge is -2.14. The molecule has 0 heterocycles. The molecule has 4 heteroatoms. The summed E-state index contributed by atoms with van der Waals surface area (Å²) in [6.07, 6.45) is 1.54. The summed E-state index contributed by atoms with van der Waals surface area (Å²) in [5.74, 6) is 0.466. The molecule has 0 radical (unpaired) electrons. The van der Waals surface area contributed by atoms with Crippen molar-refractivity contribution in [2.24, 2.45) is 5.92 Å². The van der Waals surface area contributed by atoms with E-state index < -0.39 is 0 Å². The van der Waals surface area contributed by atoms with Crippen LogP contribution in [0.25, 0.3) is 0 Å². The van der Waals surface area contributed by atoms with E-state index in [1.54, 1.807) is 0 Å². The molecule has 0 bridgehead atoms. The molecule has 1 unspecified atom stereocenters. The molecule has 0 aromatic rings. The Labute approximate surface area is 86.1 Å². The molecule has 0 aromatic heterocycles. The predicted octanol–water partition coefficient (Wildman–Crippen LogP) is 1.10. The van der Waals surface area contributed by atoms with Gasteiger partial charge >= 0.3 is 6.03 Å². The van der Waals surface area contributed by atoms with Crippen LogP contribution in [-0.4, -0.2) is 30.3 Å². The third kappa shape index (κ3) is 7.86. The number of amides is 2. The molecule has 4 nitrogen and oxygen atoms in total. The monoisotopic (exact) mass is 202 g/mol. The second-order valence-corrected chi connectivity index (χ2v) is 4.02. The van der Waals surface area contributed by atoms with Crippen LogP contribution in [0.2, 0.25) is 0 Å². The van der Waals surface area contributed by atoms with Crippen molar-refractivity contribution in [1.82, 2.24) is 10.6 Å². The molecule has 0 aliphatic heterocycles. The van der Waals surface area contributed by atoms with Crippen LogP contribution < -0.4 is 10.6 Å². The number of hydrogen-bond donors (Lipinski definition) is 3. The zero-order valence-corrected chi connectivity index (χ0v) is 9.34. The summed E-state index contributed by atoms with van der Waals surface area (Å²) in [5.41, 5.74) is 0. The first-order chi connectivity index (χ1) is 6.56. The Morgan fingerprint density at radius 2 is 2.00 bits per heavy atom. The van der Waals surface area contributed by atoms with Gasteiger partial charge in [-0.05, 0) is 25.7 Å². The van der Waals surface area contributed by atoms with Crippen LogP contribution in [-0.2, 0) is 0 Å². The van der Waals surface area contributed by atoms with Gasteiger partial charge < -0.3 is 15.7 Å². The van der Waals surface area contributed by atoms with E-state index in [4.69, 9.17) is 5.11 Å². The zero-order chi connectivity index (χ0) is 11.0. The van der Waals surface area contributed by atoms with Gasteiger partial charge in [0.2, 0.25) is 0 Å². The SMILES string of the molecule is CC(C)CNC(=O)NC(C)CCCO. The maximum absolute atomic E-state index is 11.2. The molecule has 1 atom stereocenters. The van der Waals surface area contributed by atoms with Gasteiger partial charge in [-0.2, -0.15) is 0 Å². The van der Waals surface area contributed by atoms with Crippen molar-refractivity contribution < 1.29 is 9.90 Å². The molecule has 0 spiro atoms. The maximum Gasteiger partial charge on any atom is 0.315 e. The summed E-state index contributed by atoms with van der Waals surface area (Å²) in [6.45, 7) is 6.91. The molecule has 0 aliphatic carbocycles. The Hall–Kier alpha value is -0.770. The minimum Gasteiger partial charge on any atom is -0.396 e. The van der Waals surface area contributed by atoms with Gasteiger partial charge in [0.25, 0.3) is 0 Å². The highest BCUT2D eigenvalue weighted by Crippen LogP contribution is 1.94. The quantitative estimate of drug-likeness (QED) is 0.604. The van der Waals surface area contributed by atoms with Gasteiger partial charge in [0.1, 0.15) is 0 Å². The topological polar surface area (TPSA) is 61.4 Å². The lowest BCUT2D eigenvalue weighted by Crippen LogP contribution is -2.42. The second-order valence-electron chi connectivity index (χ2n) is 4.02. The Morgan fingerprint density at radius 3 is 2.50 bits per heavy atom. The number of carbonyl (C=O) groups excluding carboxylic acids is 1. The normalized spacial score (nSPS) is 12.6. The van der Waals surface area contributed by atoms with Gasteiger partial charge in [-0.3, -0.25) is 0 Å². The third-order valence-electron chi connectivity index (χ3n) is 1.84. The van der Waals surface area contributed by atoms with Crippen LogP contribution in [0.5, 0.6) is 0 Å². The number of urea groups is 1. The molecule has 3 N–H and O–H groups in total. The second kappa shape index (κ2) is 7.62. The molecule has 0 aliphatic rings. The van der Waals surface area contributed by atoms with Crippen molar-refractivity contribution in [3.8, 4) is 0 Å². The van der Waals surface area contributed by atoms with E-state index in [9.17, 15) is 4.79 Å². The average molecular weight is 202 g/mol. The smallest absolute Gasteiger partial charge is 0.315 e. The Balaban J connectivity index is 3.50. The number of nitrogens with one attached hydrogen (secondary N) is 2. The van der Waals surface area contributed by atoms with Crippen LogP contribution in [0, 0.1) is 5.92 Å². The van der Waals surface area contributed by atoms with Crippen molar-refractivity contribution in [3.63, 3.8) is 0 Å². The molecule has 0 aromatic carbocycles. The molecule has 2 amide bonds. The highest BCUT2D eigenvalue weighted by atomic mass is 16.3. The van der Waals surface area contributed by atoms with Gasteiger partial charge in [-0.25, -0.2) is 4.79 Å². The van der Waals surface area contributed by atoms with Crippen LogP contribution in [0.1, 0.15) is 33.6 Å². The van der Waals surface area contributed by atoms with Gasteiger partial charge in [0.15, 0.2) is 0 Å². The summed E-state index contributed by atoms with van der Waals surface area (Å²) in [5, 5.41) is 14.2. The molecule has 0 saturated carbocycles. The van der Waals surface area contributed by atoms with E-state index in [1.807, 2.05) is 6.92 Å². The molecule has 84 valence electrons. The fourth-order valence-corrected chi connectivity index (χ4v) is 1.04. The van der Waals surface area contributed by atoms with E-state index in [1.165, 1.54) is 0 Å². The minimum absolute atomic E-state index is 0.120. The van der Waals surface area contributed by atoms with E-state index in [-0.39, 0.29) is 18.7 Å². The average Bonchev–Trinajstić information content (AvgIpc) is 2.11. The lowest BCUT2D eigenvalue weighted by molar-refractivity contribution is 0.233. The number of aliphatic hydroxyl groups is 1. The summed E-state index contributed by atoms with van der Waals surface area (Å²) in [4.78, 5) is 11.2. The van der Waals surface area contributed by atoms with E-state index in [0.717, 1.165) is 12.8 Å². The minimum atomic E-state index is -0.121. The Kier molecular flexibility index (Phi) is 7.20. The van der Waals surface area contributed by atoms with Crippen molar-refractivity contribution >= 4 is 6.03 Å². The standard InChI is InChI=1S/C10H22N2O2/c1-8(2)7-11-10(14)12-9(3)5-4-6-13/h8-9,13H,4-7H2,1-3H3,(H2,11,12,14). The fourth-order valence-electron chi connectivity index (χ4n) is 1.04. The summed E-state index contributed by atoms with van der Waals surface area (Å²) < 4.78 is 0. The van der Waals surface area contributed by atoms with Crippen LogP contribution in [0.15, 0.2) is 0 Å². The fraction of sp³-hybridized carbons (Fsp3) is 0.900. The first kappa shape index (κ1) is 13.2. The molecule has 0 fully saturated rings. The third-order valence-corrected chi connectivity index (χ3v) is 1.84. The highest BCUT2D eigenvalue weighted by Gasteiger charge is 2.06. The van der Waals surface area contributed by atoms with Crippen molar-refractivity contribution in [3.05, 3.63) is 0 Å². The summed E-state index contributed by atoms with van der Waals surface area (Å²) in [7, 11) is 0. The Morgan fingerprint density at radius 1 is 1.36 bits per heavy atom. The summed E-state index contributed by atoms with van der Waals surface area (Å²) >= 11 is 0. The Bertz CT molecular complexity index is 160. The van der Waals surface area contributed by atoms with Crippen molar-refractivity contribution in [1.29, 1.82) is 0 Å². The maximum atomic E-state index is 11.2. The number of carbonyl (C=O) groups is 1. The number of rotatable bonds is 6. The zero-order valence-electron chi connectivity index (χ0n) is 9.34. The van der Waals surface area contributed by atoms with E-state index in [0.29, 0.717) is 12.5 Å². The molecule has 0 saturated heterocycles. The van der Waals surface area contributed by atoms with Gasteiger partial charge in [-0.15, -0.1) is 0 Å². The highest BCUT2D eigenvalue weighted by molar-refractivity contribution is 5.74. The van der Waals surface area contributed by atoms with Crippen LogP contribution in [0.3, 0.4) is 0 Å². The van der Waals surface area contributed by atoms with E-state index >= 15 is 0 Å². The van der Waals surface area contributed by atoms with Crippen molar-refractivity contribution in [2.45, 2.75) is 39.7 Å². The van der Waals surface area contributed by atoms with Gasteiger partial charge in [-0.1, -0.05) is 13.8 Å². The number of aliphatic hydroxyl groups excluding tert-OH is 1. The number of hydrogen-bond acceptors (Lipinski definition) is 2. The first-order valence-electron chi connectivity index (χ1n) is 5.21. The van der Waals surface area contributed by atoms with Gasteiger partial charge in [0, 0.05) is 19.2 Å². The molecular weight excluding hydrogens is 180 g/mol. The molecular formula is C10H22N2O2. The first-order valence-corrected chi connectivity index (χ1v) is 5.21. The van der Waals surface area contributed by atoms with E-state index in [2.05, 4.69) is 24.5 Å². The summed E-state index contributed by atoms with van der Waals surface area (Å²) in [6, 6.07) is -0.00143.